The van der Waals surface area contributed by atoms with Crippen molar-refractivity contribution in [2.24, 2.45) is 0 Å². The van der Waals surface area contributed by atoms with Crippen molar-refractivity contribution >= 4 is 11.7 Å². The molecule has 0 aliphatic rings. The summed E-state index contributed by atoms with van der Waals surface area (Å²) in [5.74, 6) is 0.353. The standard InChI is InChI=1S/C16H23NO6/c1-2-3-4-5-16(18)23-13-11-21-10-12-22-15-8-6-14(7-9-15)17(19)20/h6-9H,2-5,10-13H2,1H3. The Kier molecular flexibility index (Phi) is 9.38. The monoisotopic (exact) mass is 325 g/mol. The lowest BCUT2D eigenvalue weighted by Gasteiger charge is -2.08. The van der Waals surface area contributed by atoms with Crippen molar-refractivity contribution in [2.45, 2.75) is 32.6 Å². The highest BCUT2D eigenvalue weighted by molar-refractivity contribution is 5.69. The van der Waals surface area contributed by atoms with Gasteiger partial charge in [-0.2, -0.15) is 0 Å². The Balaban J connectivity index is 2.01. The molecule has 128 valence electrons. The minimum Gasteiger partial charge on any atom is -0.491 e. The van der Waals surface area contributed by atoms with E-state index in [4.69, 9.17) is 14.2 Å². The van der Waals surface area contributed by atoms with Gasteiger partial charge in [0.25, 0.3) is 5.69 Å². The van der Waals surface area contributed by atoms with Crippen LogP contribution in [0, 0.1) is 10.1 Å². The number of ether oxygens (including phenoxy) is 3. The highest BCUT2D eigenvalue weighted by atomic mass is 16.6. The molecule has 0 atom stereocenters. The van der Waals surface area contributed by atoms with Gasteiger partial charge in [0, 0.05) is 18.6 Å². The van der Waals surface area contributed by atoms with Gasteiger partial charge in [-0.05, 0) is 18.6 Å². The van der Waals surface area contributed by atoms with Crippen LogP contribution in [0.25, 0.3) is 0 Å². The van der Waals surface area contributed by atoms with Crippen molar-refractivity contribution in [3.8, 4) is 5.75 Å². The lowest BCUT2D eigenvalue weighted by Crippen LogP contribution is -2.13. The molecule has 0 aliphatic heterocycles. The molecule has 1 aromatic rings. The van der Waals surface area contributed by atoms with Gasteiger partial charge in [-0.15, -0.1) is 0 Å². The molecule has 0 unspecified atom stereocenters. The van der Waals surface area contributed by atoms with Crippen LogP contribution in [-0.4, -0.2) is 37.3 Å². The minimum absolute atomic E-state index is 0.0225. The van der Waals surface area contributed by atoms with Crippen molar-refractivity contribution in [3.05, 3.63) is 34.4 Å². The van der Waals surface area contributed by atoms with E-state index in [0.29, 0.717) is 32.0 Å². The van der Waals surface area contributed by atoms with Crippen LogP contribution < -0.4 is 4.74 Å². The number of rotatable bonds is 12. The normalized spacial score (nSPS) is 10.3. The molecule has 0 radical (unpaired) electrons. The lowest BCUT2D eigenvalue weighted by atomic mass is 10.2. The van der Waals surface area contributed by atoms with Gasteiger partial charge in [0.05, 0.1) is 18.1 Å². The molecule has 0 aromatic heterocycles. The van der Waals surface area contributed by atoms with Crippen molar-refractivity contribution in [2.75, 3.05) is 26.4 Å². The SMILES string of the molecule is CCCCCC(=O)OCCOCCOc1ccc([N+](=O)[O-])cc1. The zero-order chi connectivity index (χ0) is 16.9. The molecule has 0 saturated heterocycles. The number of carbonyl (C=O) groups excluding carboxylic acids is 1. The molecule has 0 saturated carbocycles. The van der Waals surface area contributed by atoms with Crippen LogP contribution >= 0.6 is 0 Å². The third-order valence-corrected chi connectivity index (χ3v) is 3.02. The van der Waals surface area contributed by atoms with E-state index in [1.54, 1.807) is 0 Å². The summed E-state index contributed by atoms with van der Waals surface area (Å²) in [5.41, 5.74) is 0.0225. The summed E-state index contributed by atoms with van der Waals surface area (Å²) in [7, 11) is 0. The Bertz CT molecular complexity index is 474. The summed E-state index contributed by atoms with van der Waals surface area (Å²) in [6, 6.07) is 5.84. The van der Waals surface area contributed by atoms with Crippen molar-refractivity contribution < 1.29 is 23.9 Å². The van der Waals surface area contributed by atoms with Crippen LogP contribution in [0.15, 0.2) is 24.3 Å². The maximum atomic E-state index is 11.3. The first-order valence-corrected chi connectivity index (χ1v) is 7.74. The summed E-state index contributed by atoms with van der Waals surface area (Å²) in [6.07, 6.45) is 3.42. The van der Waals surface area contributed by atoms with E-state index in [9.17, 15) is 14.9 Å². The molecule has 0 N–H and O–H groups in total. The van der Waals surface area contributed by atoms with E-state index >= 15 is 0 Å². The second kappa shape index (κ2) is 11.4. The van der Waals surface area contributed by atoms with Gasteiger partial charge in [-0.1, -0.05) is 19.8 Å². The molecule has 0 bridgehead atoms. The van der Waals surface area contributed by atoms with Gasteiger partial charge in [-0.3, -0.25) is 14.9 Å². The van der Waals surface area contributed by atoms with Gasteiger partial charge in [0.1, 0.15) is 19.0 Å². The Morgan fingerprint density at radius 1 is 1.09 bits per heavy atom. The third-order valence-electron chi connectivity index (χ3n) is 3.02. The molecule has 0 spiro atoms. The number of nitro groups is 1. The number of hydrogen-bond donors (Lipinski definition) is 0. The van der Waals surface area contributed by atoms with Gasteiger partial charge >= 0.3 is 5.97 Å². The smallest absolute Gasteiger partial charge is 0.305 e. The van der Waals surface area contributed by atoms with Crippen LogP contribution in [0.5, 0.6) is 5.75 Å². The lowest BCUT2D eigenvalue weighted by molar-refractivity contribution is -0.384. The predicted molar refractivity (Wildman–Crippen MR) is 84.5 cm³/mol. The zero-order valence-electron chi connectivity index (χ0n) is 13.4. The summed E-state index contributed by atoms with van der Waals surface area (Å²) in [4.78, 5) is 21.4. The van der Waals surface area contributed by atoms with Crippen LogP contribution in [0.3, 0.4) is 0 Å². The number of nitro benzene ring substituents is 1. The minimum atomic E-state index is -0.462. The van der Waals surface area contributed by atoms with Crippen molar-refractivity contribution in [1.82, 2.24) is 0 Å². The molecular formula is C16H23NO6. The zero-order valence-corrected chi connectivity index (χ0v) is 13.4. The highest BCUT2D eigenvalue weighted by Gasteiger charge is 2.04. The van der Waals surface area contributed by atoms with Gasteiger partial charge in [-0.25, -0.2) is 0 Å². The number of carbonyl (C=O) groups is 1. The first-order chi connectivity index (χ1) is 11.1. The maximum absolute atomic E-state index is 11.3. The summed E-state index contributed by atoms with van der Waals surface area (Å²) < 4.78 is 15.7. The predicted octanol–water partition coefficient (Wildman–Crippen LogP) is 3.11. The second-order valence-electron chi connectivity index (χ2n) is 4.89. The Morgan fingerprint density at radius 3 is 2.43 bits per heavy atom. The quantitative estimate of drug-likeness (QED) is 0.254. The Hall–Kier alpha value is -2.15. The van der Waals surface area contributed by atoms with Crippen molar-refractivity contribution in [1.29, 1.82) is 0 Å². The van der Waals surface area contributed by atoms with E-state index in [0.717, 1.165) is 19.3 Å². The summed E-state index contributed by atoms with van der Waals surface area (Å²) >= 11 is 0. The number of benzene rings is 1. The molecule has 1 rings (SSSR count). The van der Waals surface area contributed by atoms with E-state index in [2.05, 4.69) is 6.92 Å². The molecule has 7 heteroatoms. The molecule has 0 aliphatic carbocycles. The molecule has 1 aromatic carbocycles. The fourth-order valence-corrected chi connectivity index (χ4v) is 1.79. The van der Waals surface area contributed by atoms with E-state index < -0.39 is 4.92 Å². The molecule has 23 heavy (non-hydrogen) atoms. The fraction of sp³-hybridized carbons (Fsp3) is 0.562. The number of non-ortho nitro benzene ring substituents is 1. The van der Waals surface area contributed by atoms with E-state index in [-0.39, 0.29) is 18.3 Å². The average Bonchev–Trinajstić information content (AvgIpc) is 2.54. The van der Waals surface area contributed by atoms with E-state index in [1.165, 1.54) is 24.3 Å². The van der Waals surface area contributed by atoms with Gasteiger partial charge < -0.3 is 14.2 Å². The number of nitrogens with zero attached hydrogens (tertiary/aromatic N) is 1. The largest absolute Gasteiger partial charge is 0.491 e. The topological polar surface area (TPSA) is 87.9 Å². The van der Waals surface area contributed by atoms with E-state index in [1.807, 2.05) is 0 Å². The third kappa shape index (κ3) is 8.77. The first-order valence-electron chi connectivity index (χ1n) is 7.74. The van der Waals surface area contributed by atoms with Crippen LogP contribution in [0.1, 0.15) is 32.6 Å². The molecule has 0 amide bonds. The number of unbranched alkanes of at least 4 members (excludes halogenated alkanes) is 2. The van der Waals surface area contributed by atoms with Crippen LogP contribution in [0.2, 0.25) is 0 Å². The number of hydrogen-bond acceptors (Lipinski definition) is 6. The molecule has 7 nitrogen and oxygen atoms in total. The highest BCUT2D eigenvalue weighted by Crippen LogP contribution is 2.16. The second-order valence-corrected chi connectivity index (χ2v) is 4.89. The Morgan fingerprint density at radius 2 is 1.78 bits per heavy atom. The van der Waals surface area contributed by atoms with Crippen LogP contribution in [0.4, 0.5) is 5.69 Å². The van der Waals surface area contributed by atoms with Gasteiger partial charge in [0.15, 0.2) is 0 Å². The first kappa shape index (κ1) is 18.9. The van der Waals surface area contributed by atoms with Crippen LogP contribution in [-0.2, 0) is 14.3 Å². The van der Waals surface area contributed by atoms with Gasteiger partial charge in [0.2, 0.25) is 0 Å². The Labute approximate surface area is 135 Å². The maximum Gasteiger partial charge on any atom is 0.305 e. The van der Waals surface area contributed by atoms with Crippen molar-refractivity contribution in [3.63, 3.8) is 0 Å². The average molecular weight is 325 g/mol. The fourth-order valence-electron chi connectivity index (χ4n) is 1.79. The number of esters is 1. The summed E-state index contributed by atoms with van der Waals surface area (Å²) in [6.45, 7) is 3.32. The molecule has 0 fully saturated rings. The molecule has 0 heterocycles. The summed E-state index contributed by atoms with van der Waals surface area (Å²) in [5, 5.41) is 10.5. The molecular weight excluding hydrogens is 302 g/mol.